The van der Waals surface area contributed by atoms with Gasteiger partial charge in [-0.1, -0.05) is 53.9 Å². The lowest BCUT2D eigenvalue weighted by Gasteiger charge is -2.63. The van der Waals surface area contributed by atoms with Crippen molar-refractivity contribution in [2.75, 3.05) is 0 Å². The molecule has 0 bridgehead atoms. The van der Waals surface area contributed by atoms with Crippen LogP contribution in [-0.2, 0) is 4.79 Å². The molecule has 0 aromatic rings. The second kappa shape index (κ2) is 7.87. The zero-order valence-electron chi connectivity index (χ0n) is 20.1. The third kappa shape index (κ3) is 3.33. The molecule has 0 amide bonds. The number of aliphatic hydroxyl groups is 2. The summed E-state index contributed by atoms with van der Waals surface area (Å²) in [5.74, 6) is 3.87. The number of carbonyl (C=O) groups excluding carboxylic acids is 1. The van der Waals surface area contributed by atoms with E-state index >= 15 is 0 Å². The smallest absolute Gasteiger partial charge is 0.165 e. The van der Waals surface area contributed by atoms with Gasteiger partial charge in [0.25, 0.3) is 0 Å². The molecule has 0 aromatic carbocycles. The van der Waals surface area contributed by atoms with Gasteiger partial charge in [0.1, 0.15) is 5.60 Å². The van der Waals surface area contributed by atoms with Crippen molar-refractivity contribution in [1.29, 1.82) is 0 Å². The number of carbonyl (C=O) groups is 1. The lowest BCUT2D eigenvalue weighted by molar-refractivity contribution is -0.213. The van der Waals surface area contributed by atoms with Crippen LogP contribution in [0.3, 0.4) is 0 Å². The summed E-state index contributed by atoms with van der Waals surface area (Å²) in [6, 6.07) is 0. The van der Waals surface area contributed by atoms with E-state index in [9.17, 15) is 15.0 Å². The Morgan fingerprint density at radius 2 is 1.73 bits per heavy atom. The third-order valence-corrected chi connectivity index (χ3v) is 10.8. The van der Waals surface area contributed by atoms with Crippen LogP contribution < -0.4 is 0 Å². The van der Waals surface area contributed by atoms with Crippen molar-refractivity contribution in [1.82, 2.24) is 0 Å². The number of hydrogen-bond donors (Lipinski definition) is 2. The van der Waals surface area contributed by atoms with E-state index in [1.165, 1.54) is 38.5 Å². The SMILES string of the molecule is CC(C)CCC[C@H](C)[C@@H]1CC[C@@H]2[C@H]3CC(=O)[C@@]4(O)C[C@@H](O)CC[C@]4(C)[C@@H]3CC[C@]21C. The second-order valence-corrected chi connectivity index (χ2v) is 12.7. The Morgan fingerprint density at radius 3 is 2.43 bits per heavy atom. The Balaban J connectivity index is 1.54. The highest BCUT2D eigenvalue weighted by Gasteiger charge is 2.67. The molecule has 30 heavy (non-hydrogen) atoms. The van der Waals surface area contributed by atoms with Gasteiger partial charge in [0.15, 0.2) is 5.78 Å². The lowest BCUT2D eigenvalue weighted by atomic mass is 9.42. The van der Waals surface area contributed by atoms with Gasteiger partial charge < -0.3 is 10.2 Å². The van der Waals surface area contributed by atoms with Gasteiger partial charge in [0.05, 0.1) is 6.10 Å². The summed E-state index contributed by atoms with van der Waals surface area (Å²) >= 11 is 0. The van der Waals surface area contributed by atoms with Gasteiger partial charge in [-0.25, -0.2) is 0 Å². The maximum atomic E-state index is 13.3. The minimum atomic E-state index is -1.30. The first-order valence-electron chi connectivity index (χ1n) is 13.0. The molecular weight excluding hydrogens is 372 g/mol. The molecule has 172 valence electrons. The van der Waals surface area contributed by atoms with Crippen molar-refractivity contribution in [3.05, 3.63) is 0 Å². The highest BCUT2D eigenvalue weighted by molar-refractivity contribution is 5.89. The molecule has 0 aliphatic heterocycles. The van der Waals surface area contributed by atoms with Crippen LogP contribution in [0.25, 0.3) is 0 Å². The number of aliphatic hydroxyl groups excluding tert-OH is 1. The van der Waals surface area contributed by atoms with Crippen molar-refractivity contribution in [2.24, 2.45) is 46.3 Å². The van der Waals surface area contributed by atoms with Gasteiger partial charge >= 0.3 is 0 Å². The molecule has 3 nitrogen and oxygen atoms in total. The van der Waals surface area contributed by atoms with Crippen LogP contribution in [0.2, 0.25) is 0 Å². The van der Waals surface area contributed by atoms with Crippen molar-refractivity contribution in [3.8, 4) is 0 Å². The highest BCUT2D eigenvalue weighted by Crippen LogP contribution is 2.68. The van der Waals surface area contributed by atoms with Crippen LogP contribution in [0, 0.1) is 46.3 Å². The van der Waals surface area contributed by atoms with Crippen LogP contribution in [0.15, 0.2) is 0 Å². The van der Waals surface area contributed by atoms with E-state index in [0.717, 1.165) is 37.0 Å². The van der Waals surface area contributed by atoms with Crippen molar-refractivity contribution < 1.29 is 15.0 Å². The van der Waals surface area contributed by atoms with E-state index in [4.69, 9.17) is 0 Å². The van der Waals surface area contributed by atoms with Crippen LogP contribution in [0.5, 0.6) is 0 Å². The van der Waals surface area contributed by atoms with Gasteiger partial charge in [0.2, 0.25) is 0 Å². The molecule has 9 atom stereocenters. The summed E-state index contributed by atoms with van der Waals surface area (Å²) in [4.78, 5) is 13.3. The summed E-state index contributed by atoms with van der Waals surface area (Å²) in [6.45, 7) is 11.9. The minimum Gasteiger partial charge on any atom is -0.393 e. The molecule has 3 heteroatoms. The zero-order chi connectivity index (χ0) is 21.9. The van der Waals surface area contributed by atoms with E-state index in [2.05, 4.69) is 34.6 Å². The Kier molecular flexibility index (Phi) is 5.97. The van der Waals surface area contributed by atoms with Gasteiger partial charge in [-0.2, -0.15) is 0 Å². The number of ketones is 1. The predicted octanol–water partition coefficient (Wildman–Crippen LogP) is 5.76. The number of rotatable bonds is 5. The average molecular weight is 419 g/mol. The van der Waals surface area contributed by atoms with Crippen molar-refractivity contribution >= 4 is 5.78 Å². The summed E-state index contributed by atoms with van der Waals surface area (Å²) < 4.78 is 0. The van der Waals surface area contributed by atoms with Gasteiger partial charge in [-0.3, -0.25) is 4.79 Å². The fourth-order valence-corrected chi connectivity index (χ4v) is 9.04. The topological polar surface area (TPSA) is 57.5 Å². The molecule has 0 heterocycles. The molecule has 2 N–H and O–H groups in total. The van der Waals surface area contributed by atoms with Gasteiger partial charge in [-0.05, 0) is 79.4 Å². The molecule has 4 saturated carbocycles. The van der Waals surface area contributed by atoms with E-state index in [1.54, 1.807) is 0 Å². The van der Waals surface area contributed by atoms with E-state index in [0.29, 0.717) is 29.6 Å². The molecule has 4 rings (SSSR count). The number of fused-ring (bicyclic) bond motifs is 5. The van der Waals surface area contributed by atoms with E-state index in [-0.39, 0.29) is 17.6 Å². The normalized spacial score (nSPS) is 49.5. The van der Waals surface area contributed by atoms with Gasteiger partial charge in [-0.15, -0.1) is 0 Å². The lowest BCUT2D eigenvalue weighted by Crippen LogP contribution is -2.67. The summed E-state index contributed by atoms with van der Waals surface area (Å²) in [5, 5.41) is 21.7. The first-order valence-corrected chi connectivity index (χ1v) is 13.0. The predicted molar refractivity (Wildman–Crippen MR) is 121 cm³/mol. The Hall–Kier alpha value is -0.410. The molecular formula is C27H46O3. The molecule has 0 saturated heterocycles. The molecule has 4 fully saturated rings. The van der Waals surface area contributed by atoms with E-state index in [1.807, 2.05) is 0 Å². The first kappa shape index (κ1) is 22.8. The molecule has 0 spiro atoms. The van der Waals surface area contributed by atoms with Crippen molar-refractivity contribution in [2.45, 2.75) is 117 Å². The molecule has 0 aromatic heterocycles. The number of hydrogen-bond acceptors (Lipinski definition) is 3. The highest BCUT2D eigenvalue weighted by atomic mass is 16.3. The molecule has 0 unspecified atom stereocenters. The molecule has 0 radical (unpaired) electrons. The quantitative estimate of drug-likeness (QED) is 0.596. The Bertz CT molecular complexity index is 658. The zero-order valence-corrected chi connectivity index (χ0v) is 20.1. The Labute approximate surface area is 184 Å². The van der Waals surface area contributed by atoms with Crippen LogP contribution in [-0.4, -0.2) is 27.7 Å². The average Bonchev–Trinajstić information content (AvgIpc) is 3.01. The summed E-state index contributed by atoms with van der Waals surface area (Å²) in [6.07, 6.45) is 10.8. The molecule has 4 aliphatic rings. The summed E-state index contributed by atoms with van der Waals surface area (Å²) in [5.41, 5.74) is -1.30. The third-order valence-electron chi connectivity index (χ3n) is 10.8. The minimum absolute atomic E-state index is 0.0303. The maximum absolute atomic E-state index is 13.3. The number of Topliss-reactive ketones (excluding diaryl/α,β-unsaturated/α-hetero) is 1. The van der Waals surface area contributed by atoms with Crippen molar-refractivity contribution in [3.63, 3.8) is 0 Å². The molecule has 4 aliphatic carbocycles. The second-order valence-electron chi connectivity index (χ2n) is 12.7. The summed E-state index contributed by atoms with van der Waals surface area (Å²) in [7, 11) is 0. The van der Waals surface area contributed by atoms with Crippen LogP contribution >= 0.6 is 0 Å². The first-order chi connectivity index (χ1) is 14.0. The monoisotopic (exact) mass is 418 g/mol. The fraction of sp³-hybridized carbons (Fsp3) is 0.963. The van der Waals surface area contributed by atoms with E-state index < -0.39 is 11.7 Å². The van der Waals surface area contributed by atoms with Crippen LogP contribution in [0.4, 0.5) is 0 Å². The fourth-order valence-electron chi connectivity index (χ4n) is 9.04. The van der Waals surface area contributed by atoms with Crippen LogP contribution in [0.1, 0.15) is 105 Å². The standard InChI is InChI=1S/C27H46O3/c1-17(2)7-6-8-18(3)21-9-10-22-20-15-24(29)27(30)16-19(28)11-14-26(27,5)23(20)12-13-25(21,22)4/h17-23,28,30H,6-16H2,1-5H3/t18-,19-,20+,21-,22+,23+,25-,26+,27-/m0/s1. The van der Waals surface area contributed by atoms with Gasteiger partial charge in [0, 0.05) is 18.3 Å². The largest absolute Gasteiger partial charge is 0.393 e. The maximum Gasteiger partial charge on any atom is 0.165 e. The Morgan fingerprint density at radius 1 is 1.00 bits per heavy atom.